The van der Waals surface area contributed by atoms with Gasteiger partial charge in [-0.25, -0.2) is 0 Å². The molecule has 0 unspecified atom stereocenters. The van der Waals surface area contributed by atoms with Gasteiger partial charge in [-0.3, -0.25) is 4.79 Å². The molecular weight excluding hydrogens is 140 g/mol. The number of amides is 1. The normalized spacial score (nSPS) is 37.5. The third-order valence-electron chi connectivity index (χ3n) is 2.90. The SMILES string of the molecule is NC(=O)[C@]1(C2CC2)CCCN1. The van der Waals surface area contributed by atoms with Gasteiger partial charge in [0.1, 0.15) is 5.54 Å². The molecular formula is C8H14N2O. The molecule has 1 saturated carbocycles. The van der Waals surface area contributed by atoms with E-state index >= 15 is 0 Å². The van der Waals surface area contributed by atoms with Crippen LogP contribution < -0.4 is 11.1 Å². The summed E-state index contributed by atoms with van der Waals surface area (Å²) >= 11 is 0. The summed E-state index contributed by atoms with van der Waals surface area (Å²) in [5, 5.41) is 3.26. The Balaban J connectivity index is 2.17. The molecule has 3 nitrogen and oxygen atoms in total. The van der Waals surface area contributed by atoms with Gasteiger partial charge in [-0.1, -0.05) is 0 Å². The van der Waals surface area contributed by atoms with Crippen molar-refractivity contribution in [3.05, 3.63) is 0 Å². The van der Waals surface area contributed by atoms with Gasteiger partial charge >= 0.3 is 0 Å². The number of carbonyl (C=O) groups is 1. The van der Waals surface area contributed by atoms with E-state index in [1.165, 1.54) is 12.8 Å². The van der Waals surface area contributed by atoms with Gasteiger partial charge in [0.25, 0.3) is 0 Å². The molecule has 62 valence electrons. The Labute approximate surface area is 66.3 Å². The Morgan fingerprint density at radius 2 is 2.27 bits per heavy atom. The summed E-state index contributed by atoms with van der Waals surface area (Å²) in [6.45, 7) is 0.958. The smallest absolute Gasteiger partial charge is 0.238 e. The van der Waals surface area contributed by atoms with Gasteiger partial charge in [-0.15, -0.1) is 0 Å². The molecule has 0 aromatic carbocycles. The lowest BCUT2D eigenvalue weighted by atomic mass is 9.91. The van der Waals surface area contributed by atoms with Crippen molar-refractivity contribution in [2.45, 2.75) is 31.2 Å². The lowest BCUT2D eigenvalue weighted by Gasteiger charge is -2.25. The summed E-state index contributed by atoms with van der Waals surface area (Å²) in [5.41, 5.74) is 5.07. The van der Waals surface area contributed by atoms with Crippen LogP contribution >= 0.6 is 0 Å². The lowest BCUT2D eigenvalue weighted by Crippen LogP contribution is -2.53. The zero-order valence-electron chi connectivity index (χ0n) is 6.60. The van der Waals surface area contributed by atoms with Crippen LogP contribution in [-0.4, -0.2) is 18.0 Å². The van der Waals surface area contributed by atoms with E-state index in [2.05, 4.69) is 5.32 Å². The number of nitrogens with two attached hydrogens (primary N) is 1. The highest BCUT2D eigenvalue weighted by molar-refractivity contribution is 5.85. The molecule has 2 fully saturated rings. The predicted molar refractivity (Wildman–Crippen MR) is 41.9 cm³/mol. The van der Waals surface area contributed by atoms with E-state index in [0.29, 0.717) is 5.92 Å². The first-order valence-electron chi connectivity index (χ1n) is 4.31. The molecule has 2 aliphatic rings. The van der Waals surface area contributed by atoms with Gasteiger partial charge in [0.15, 0.2) is 0 Å². The van der Waals surface area contributed by atoms with E-state index in [-0.39, 0.29) is 11.4 Å². The van der Waals surface area contributed by atoms with E-state index in [1.807, 2.05) is 0 Å². The first kappa shape index (κ1) is 7.10. The summed E-state index contributed by atoms with van der Waals surface area (Å²) in [7, 11) is 0. The van der Waals surface area contributed by atoms with Gasteiger partial charge < -0.3 is 11.1 Å². The lowest BCUT2D eigenvalue weighted by molar-refractivity contribution is -0.124. The predicted octanol–water partition coefficient (Wildman–Crippen LogP) is 0.00390. The van der Waals surface area contributed by atoms with E-state index in [9.17, 15) is 4.79 Å². The van der Waals surface area contributed by atoms with Crippen molar-refractivity contribution in [2.75, 3.05) is 6.54 Å². The average molecular weight is 154 g/mol. The summed E-state index contributed by atoms with van der Waals surface area (Å²) in [4.78, 5) is 11.2. The fourth-order valence-corrected chi connectivity index (χ4v) is 2.10. The number of hydrogen-bond donors (Lipinski definition) is 2. The van der Waals surface area contributed by atoms with Crippen LogP contribution in [0.1, 0.15) is 25.7 Å². The van der Waals surface area contributed by atoms with Gasteiger partial charge in [0.2, 0.25) is 5.91 Å². The largest absolute Gasteiger partial charge is 0.368 e. The minimum atomic E-state index is -0.306. The molecule has 3 heteroatoms. The number of carbonyl (C=O) groups excluding carboxylic acids is 1. The zero-order valence-corrected chi connectivity index (χ0v) is 6.60. The van der Waals surface area contributed by atoms with E-state index in [0.717, 1.165) is 19.4 Å². The molecule has 0 aromatic rings. The quantitative estimate of drug-likeness (QED) is 0.588. The van der Waals surface area contributed by atoms with Crippen molar-refractivity contribution in [1.82, 2.24) is 5.32 Å². The molecule has 1 aliphatic carbocycles. The van der Waals surface area contributed by atoms with Crippen LogP contribution in [0, 0.1) is 5.92 Å². The Morgan fingerprint density at radius 1 is 1.55 bits per heavy atom. The fourth-order valence-electron chi connectivity index (χ4n) is 2.10. The highest BCUT2D eigenvalue weighted by atomic mass is 16.1. The maximum Gasteiger partial charge on any atom is 0.238 e. The molecule has 0 bridgehead atoms. The minimum Gasteiger partial charge on any atom is -0.368 e. The fraction of sp³-hybridized carbons (Fsp3) is 0.875. The van der Waals surface area contributed by atoms with Crippen molar-refractivity contribution >= 4 is 5.91 Å². The molecule has 0 spiro atoms. The molecule has 1 amide bonds. The topological polar surface area (TPSA) is 55.1 Å². The summed E-state index contributed by atoms with van der Waals surface area (Å²) in [5.74, 6) is 0.403. The molecule has 11 heavy (non-hydrogen) atoms. The van der Waals surface area contributed by atoms with Crippen molar-refractivity contribution in [3.8, 4) is 0 Å². The van der Waals surface area contributed by atoms with Crippen LogP contribution in [0.3, 0.4) is 0 Å². The van der Waals surface area contributed by atoms with Crippen molar-refractivity contribution in [1.29, 1.82) is 0 Å². The van der Waals surface area contributed by atoms with E-state index in [4.69, 9.17) is 5.73 Å². The third kappa shape index (κ3) is 0.948. The second kappa shape index (κ2) is 2.21. The second-order valence-electron chi connectivity index (χ2n) is 3.64. The van der Waals surface area contributed by atoms with Gasteiger partial charge in [0.05, 0.1) is 0 Å². The zero-order chi connectivity index (χ0) is 7.90. The molecule has 2 rings (SSSR count). The maximum absolute atomic E-state index is 11.2. The van der Waals surface area contributed by atoms with E-state index in [1.54, 1.807) is 0 Å². The minimum absolute atomic E-state index is 0.141. The molecule has 1 heterocycles. The Hall–Kier alpha value is -0.570. The van der Waals surface area contributed by atoms with Crippen molar-refractivity contribution in [3.63, 3.8) is 0 Å². The van der Waals surface area contributed by atoms with Gasteiger partial charge in [0, 0.05) is 0 Å². The molecule has 0 radical (unpaired) electrons. The molecule has 1 atom stereocenters. The molecule has 3 N–H and O–H groups in total. The van der Waals surface area contributed by atoms with Crippen molar-refractivity contribution < 1.29 is 4.79 Å². The average Bonchev–Trinajstić information content (AvgIpc) is 2.69. The molecule has 1 saturated heterocycles. The summed E-state index contributed by atoms with van der Waals surface area (Å²) < 4.78 is 0. The van der Waals surface area contributed by atoms with Crippen LogP contribution in [0.4, 0.5) is 0 Å². The number of primary amides is 1. The number of hydrogen-bond acceptors (Lipinski definition) is 2. The maximum atomic E-state index is 11.2. The third-order valence-corrected chi connectivity index (χ3v) is 2.90. The van der Waals surface area contributed by atoms with Crippen LogP contribution in [0.15, 0.2) is 0 Å². The van der Waals surface area contributed by atoms with Crippen molar-refractivity contribution in [2.24, 2.45) is 11.7 Å². The van der Waals surface area contributed by atoms with Crippen LogP contribution in [0.5, 0.6) is 0 Å². The van der Waals surface area contributed by atoms with Crippen LogP contribution in [0.2, 0.25) is 0 Å². The first-order chi connectivity index (χ1) is 5.26. The summed E-state index contributed by atoms with van der Waals surface area (Å²) in [6, 6.07) is 0. The first-order valence-corrected chi connectivity index (χ1v) is 4.31. The summed E-state index contributed by atoms with van der Waals surface area (Å²) in [6.07, 6.45) is 4.40. The van der Waals surface area contributed by atoms with Gasteiger partial charge in [-0.05, 0) is 38.1 Å². The standard InChI is InChI=1S/C8H14N2O/c9-7(11)8(6-2-3-6)4-1-5-10-8/h6,10H,1-5H2,(H2,9,11)/t8-/m1/s1. The highest BCUT2D eigenvalue weighted by Crippen LogP contribution is 2.43. The highest BCUT2D eigenvalue weighted by Gasteiger charge is 2.50. The van der Waals surface area contributed by atoms with E-state index < -0.39 is 0 Å². The number of rotatable bonds is 2. The van der Waals surface area contributed by atoms with Gasteiger partial charge in [-0.2, -0.15) is 0 Å². The second-order valence-corrected chi connectivity index (χ2v) is 3.64. The molecule has 0 aromatic heterocycles. The monoisotopic (exact) mass is 154 g/mol. The van der Waals surface area contributed by atoms with Crippen LogP contribution in [-0.2, 0) is 4.79 Å². The Bertz CT molecular complexity index is 181. The van der Waals surface area contributed by atoms with Crippen LogP contribution in [0.25, 0.3) is 0 Å². The Kier molecular flexibility index (Phi) is 1.42. The number of nitrogens with one attached hydrogen (secondary N) is 1. The Morgan fingerprint density at radius 3 is 2.64 bits per heavy atom. The molecule has 1 aliphatic heterocycles.